The molecule has 110 valence electrons. The second kappa shape index (κ2) is 7.25. The monoisotopic (exact) mass is 267 g/mol. The quantitative estimate of drug-likeness (QED) is 0.819. The molecule has 0 aromatic carbocycles. The molecule has 2 saturated heterocycles. The van der Waals surface area contributed by atoms with Crippen LogP contribution < -0.4 is 5.32 Å². The van der Waals surface area contributed by atoms with E-state index in [-0.39, 0.29) is 0 Å². The van der Waals surface area contributed by atoms with Crippen LogP contribution in [-0.4, -0.2) is 60.5 Å². The molecule has 0 aromatic rings. The van der Waals surface area contributed by atoms with Gasteiger partial charge >= 0.3 is 0 Å². The van der Waals surface area contributed by atoms with Crippen molar-refractivity contribution in [1.82, 2.24) is 15.1 Å². The van der Waals surface area contributed by atoms with Gasteiger partial charge in [-0.2, -0.15) is 0 Å². The Morgan fingerprint density at radius 2 is 1.95 bits per heavy atom. The molecule has 4 heteroatoms. The van der Waals surface area contributed by atoms with E-state index in [0.29, 0.717) is 24.4 Å². The number of likely N-dealkylation sites (tertiary alicyclic amines) is 1. The van der Waals surface area contributed by atoms with E-state index < -0.39 is 0 Å². The number of carbonyl (C=O) groups excluding carboxylic acids is 1. The van der Waals surface area contributed by atoms with Crippen LogP contribution in [0.5, 0.6) is 0 Å². The van der Waals surface area contributed by atoms with Gasteiger partial charge in [-0.15, -0.1) is 0 Å². The Bertz CT molecular complexity index is 289. The second-order valence-corrected chi connectivity index (χ2v) is 5.92. The molecular formula is C15H29N3O. The summed E-state index contributed by atoms with van der Waals surface area (Å²) >= 11 is 0. The zero-order valence-corrected chi connectivity index (χ0v) is 12.5. The molecular weight excluding hydrogens is 238 g/mol. The first-order valence-electron chi connectivity index (χ1n) is 7.99. The van der Waals surface area contributed by atoms with Gasteiger partial charge in [-0.25, -0.2) is 0 Å². The fraction of sp³-hybridized carbons (Fsp3) is 0.933. The summed E-state index contributed by atoms with van der Waals surface area (Å²) in [6, 6.07) is 0.882. The summed E-state index contributed by atoms with van der Waals surface area (Å²) in [5.41, 5.74) is 0. The van der Waals surface area contributed by atoms with Gasteiger partial charge in [-0.05, 0) is 38.8 Å². The molecule has 2 aliphatic rings. The van der Waals surface area contributed by atoms with Gasteiger partial charge in [0, 0.05) is 38.1 Å². The third-order valence-corrected chi connectivity index (χ3v) is 4.62. The van der Waals surface area contributed by atoms with Crippen molar-refractivity contribution in [2.45, 2.75) is 58.0 Å². The van der Waals surface area contributed by atoms with E-state index >= 15 is 0 Å². The molecule has 0 spiro atoms. The van der Waals surface area contributed by atoms with E-state index in [1.54, 1.807) is 0 Å². The van der Waals surface area contributed by atoms with Gasteiger partial charge in [0.2, 0.25) is 5.91 Å². The number of nitrogens with zero attached hydrogens (tertiary/aromatic N) is 2. The maximum absolute atomic E-state index is 12.5. The Labute approximate surface area is 117 Å². The van der Waals surface area contributed by atoms with Crippen molar-refractivity contribution < 1.29 is 4.79 Å². The van der Waals surface area contributed by atoms with Gasteiger partial charge in [0.1, 0.15) is 0 Å². The largest absolute Gasteiger partial charge is 0.337 e. The molecule has 1 amide bonds. The predicted octanol–water partition coefficient (Wildman–Crippen LogP) is 1.46. The molecule has 0 bridgehead atoms. The normalized spacial score (nSPS) is 28.8. The Hall–Kier alpha value is -0.610. The van der Waals surface area contributed by atoms with Crippen molar-refractivity contribution in [2.24, 2.45) is 0 Å². The molecule has 2 aliphatic heterocycles. The lowest BCUT2D eigenvalue weighted by molar-refractivity contribution is -0.135. The molecule has 2 heterocycles. The summed E-state index contributed by atoms with van der Waals surface area (Å²) in [5.74, 6) is 0.360. The fourth-order valence-electron chi connectivity index (χ4n) is 3.21. The van der Waals surface area contributed by atoms with E-state index in [0.717, 1.165) is 32.5 Å². The average molecular weight is 267 g/mol. The van der Waals surface area contributed by atoms with Crippen LogP contribution in [0.3, 0.4) is 0 Å². The van der Waals surface area contributed by atoms with Crippen molar-refractivity contribution in [2.75, 3.05) is 32.7 Å². The topological polar surface area (TPSA) is 35.6 Å². The Kier molecular flexibility index (Phi) is 5.64. The number of nitrogens with one attached hydrogen (secondary N) is 1. The Balaban J connectivity index is 1.83. The van der Waals surface area contributed by atoms with Crippen LogP contribution >= 0.6 is 0 Å². The molecule has 2 atom stereocenters. The van der Waals surface area contributed by atoms with Crippen LogP contribution in [0.25, 0.3) is 0 Å². The fourth-order valence-corrected chi connectivity index (χ4v) is 3.21. The molecule has 0 aliphatic carbocycles. The maximum Gasteiger partial charge on any atom is 0.224 e. The van der Waals surface area contributed by atoms with Crippen LogP contribution in [0, 0.1) is 0 Å². The molecule has 19 heavy (non-hydrogen) atoms. The Morgan fingerprint density at radius 3 is 2.58 bits per heavy atom. The molecule has 0 aromatic heterocycles. The zero-order chi connectivity index (χ0) is 13.7. The number of amides is 1. The molecule has 0 saturated carbocycles. The van der Waals surface area contributed by atoms with Gasteiger partial charge in [-0.3, -0.25) is 4.79 Å². The van der Waals surface area contributed by atoms with Gasteiger partial charge in [0.15, 0.2) is 0 Å². The van der Waals surface area contributed by atoms with Gasteiger partial charge in [0.25, 0.3) is 0 Å². The summed E-state index contributed by atoms with van der Waals surface area (Å²) in [5, 5.41) is 3.55. The van der Waals surface area contributed by atoms with Crippen LogP contribution in [0.2, 0.25) is 0 Å². The SMILES string of the molecule is CCC1CN(C(=O)CCN2CCCC2)C(CC)CN1. The van der Waals surface area contributed by atoms with Crippen LogP contribution in [-0.2, 0) is 4.79 Å². The number of carbonyl (C=O) groups is 1. The summed E-state index contributed by atoms with van der Waals surface area (Å²) in [7, 11) is 0. The Morgan fingerprint density at radius 1 is 1.21 bits per heavy atom. The summed E-state index contributed by atoms with van der Waals surface area (Å²) in [6.45, 7) is 9.55. The van der Waals surface area contributed by atoms with Gasteiger partial charge in [-0.1, -0.05) is 13.8 Å². The molecule has 4 nitrogen and oxygen atoms in total. The highest BCUT2D eigenvalue weighted by Gasteiger charge is 2.29. The molecule has 2 fully saturated rings. The second-order valence-electron chi connectivity index (χ2n) is 5.92. The lowest BCUT2D eigenvalue weighted by atomic mass is 10.0. The molecule has 0 radical (unpaired) electrons. The average Bonchev–Trinajstić information content (AvgIpc) is 2.97. The predicted molar refractivity (Wildman–Crippen MR) is 78.2 cm³/mol. The van der Waals surface area contributed by atoms with Crippen LogP contribution in [0.15, 0.2) is 0 Å². The molecule has 2 rings (SSSR count). The number of hydrogen-bond acceptors (Lipinski definition) is 3. The third kappa shape index (κ3) is 3.93. The molecule has 1 N–H and O–H groups in total. The first-order chi connectivity index (χ1) is 9.24. The standard InChI is InChI=1S/C15H29N3O/c1-3-13-12-18(14(4-2)11-16-13)15(19)7-10-17-8-5-6-9-17/h13-14,16H,3-12H2,1-2H3. The summed E-state index contributed by atoms with van der Waals surface area (Å²) < 4.78 is 0. The summed E-state index contributed by atoms with van der Waals surface area (Å²) in [4.78, 5) is 17.0. The highest BCUT2D eigenvalue weighted by molar-refractivity contribution is 5.77. The van der Waals surface area contributed by atoms with E-state index in [1.807, 2.05) is 0 Å². The zero-order valence-electron chi connectivity index (χ0n) is 12.5. The van der Waals surface area contributed by atoms with E-state index in [4.69, 9.17) is 0 Å². The van der Waals surface area contributed by atoms with Crippen molar-refractivity contribution in [1.29, 1.82) is 0 Å². The number of piperazine rings is 1. The van der Waals surface area contributed by atoms with Gasteiger partial charge < -0.3 is 15.1 Å². The van der Waals surface area contributed by atoms with Crippen molar-refractivity contribution >= 4 is 5.91 Å². The van der Waals surface area contributed by atoms with Crippen molar-refractivity contribution in [3.63, 3.8) is 0 Å². The van der Waals surface area contributed by atoms with Crippen LogP contribution in [0.1, 0.15) is 46.0 Å². The van der Waals surface area contributed by atoms with Gasteiger partial charge in [0.05, 0.1) is 0 Å². The lowest BCUT2D eigenvalue weighted by Gasteiger charge is -2.40. The van der Waals surface area contributed by atoms with E-state index in [9.17, 15) is 4.79 Å². The highest BCUT2D eigenvalue weighted by Crippen LogP contribution is 2.15. The highest BCUT2D eigenvalue weighted by atomic mass is 16.2. The lowest BCUT2D eigenvalue weighted by Crippen LogP contribution is -2.58. The maximum atomic E-state index is 12.5. The smallest absolute Gasteiger partial charge is 0.224 e. The van der Waals surface area contributed by atoms with Crippen molar-refractivity contribution in [3.05, 3.63) is 0 Å². The first kappa shape index (κ1) is 14.8. The van der Waals surface area contributed by atoms with E-state index in [1.165, 1.54) is 25.9 Å². The van der Waals surface area contributed by atoms with E-state index in [2.05, 4.69) is 29.0 Å². The van der Waals surface area contributed by atoms with Crippen LogP contribution in [0.4, 0.5) is 0 Å². The minimum Gasteiger partial charge on any atom is -0.337 e. The number of rotatable bonds is 5. The third-order valence-electron chi connectivity index (χ3n) is 4.62. The molecule has 2 unspecified atom stereocenters. The first-order valence-corrected chi connectivity index (χ1v) is 7.99. The minimum atomic E-state index is 0.360. The minimum absolute atomic E-state index is 0.360. The number of hydrogen-bond donors (Lipinski definition) is 1. The summed E-state index contributed by atoms with van der Waals surface area (Å²) in [6.07, 6.45) is 5.47. The van der Waals surface area contributed by atoms with Crippen molar-refractivity contribution in [3.8, 4) is 0 Å².